The number of rotatable bonds is 1. The molecule has 0 amide bonds. The number of halogens is 1. The van der Waals surface area contributed by atoms with E-state index < -0.39 is 0 Å². The average Bonchev–Trinajstić information content (AvgIpc) is 2.12. The van der Waals surface area contributed by atoms with Gasteiger partial charge in [-0.3, -0.25) is 0 Å². The molecule has 1 N–H and O–H groups in total. The van der Waals surface area contributed by atoms with Gasteiger partial charge in [0.1, 0.15) is 0 Å². The van der Waals surface area contributed by atoms with Crippen LogP contribution in [0.15, 0.2) is 22.7 Å². The monoisotopic (exact) mass is 237 g/mol. The van der Waals surface area contributed by atoms with Gasteiger partial charge in [-0.25, -0.2) is 0 Å². The van der Waals surface area contributed by atoms with Crippen LogP contribution in [0, 0.1) is 18.8 Å². The third kappa shape index (κ3) is 3.22. The first-order valence-electron chi connectivity index (χ1n) is 4.13. The van der Waals surface area contributed by atoms with Crippen LogP contribution in [0.4, 0.5) is 0 Å². The molecule has 0 aromatic heterocycles. The van der Waals surface area contributed by atoms with E-state index >= 15 is 0 Å². The van der Waals surface area contributed by atoms with Crippen molar-refractivity contribution in [3.63, 3.8) is 0 Å². The molecule has 0 bridgehead atoms. The summed E-state index contributed by atoms with van der Waals surface area (Å²) >= 11 is 3.47. The number of aryl methyl sites for hydroxylation is 1. The second-order valence-corrected chi connectivity index (χ2v) is 3.65. The summed E-state index contributed by atoms with van der Waals surface area (Å²) in [6, 6.07) is 6.13. The Balaban J connectivity index is 2.81. The molecule has 0 aliphatic heterocycles. The minimum Gasteiger partial charge on any atom is -0.309 e. The Hall–Kier alpha value is -0.780. The minimum atomic E-state index is 0.728. The minimum absolute atomic E-state index is 0.728. The van der Waals surface area contributed by atoms with Gasteiger partial charge in [-0.2, -0.15) is 0 Å². The Morgan fingerprint density at radius 3 is 2.85 bits per heavy atom. The maximum absolute atomic E-state index is 3.47. The maximum atomic E-state index is 3.47. The summed E-state index contributed by atoms with van der Waals surface area (Å²) in [6.45, 7) is 2.79. The predicted molar refractivity (Wildman–Crippen MR) is 59.7 cm³/mol. The van der Waals surface area contributed by atoms with Gasteiger partial charge < -0.3 is 5.32 Å². The summed E-state index contributed by atoms with van der Waals surface area (Å²) in [5.41, 5.74) is 2.28. The van der Waals surface area contributed by atoms with Crippen LogP contribution in [0.2, 0.25) is 0 Å². The lowest BCUT2D eigenvalue weighted by Gasteiger charge is -1.96. The van der Waals surface area contributed by atoms with E-state index in [4.69, 9.17) is 0 Å². The van der Waals surface area contributed by atoms with Crippen LogP contribution in [0.5, 0.6) is 0 Å². The van der Waals surface area contributed by atoms with Gasteiger partial charge in [0.2, 0.25) is 0 Å². The number of nitrogens with one attached hydrogen (secondary N) is 1. The molecule has 0 aliphatic rings. The third-order valence-electron chi connectivity index (χ3n) is 1.67. The smallest absolute Gasteiger partial charge is 0.0577 e. The van der Waals surface area contributed by atoms with Gasteiger partial charge in [0.25, 0.3) is 0 Å². The van der Waals surface area contributed by atoms with Crippen LogP contribution < -0.4 is 5.32 Å². The lowest BCUT2D eigenvalue weighted by Crippen LogP contribution is -2.04. The molecule has 1 aromatic rings. The quantitative estimate of drug-likeness (QED) is 0.740. The largest absolute Gasteiger partial charge is 0.309 e. The Kier molecular flexibility index (Phi) is 4.01. The van der Waals surface area contributed by atoms with Gasteiger partial charge in [-0.05, 0) is 31.7 Å². The normalized spacial score (nSPS) is 9.15. The van der Waals surface area contributed by atoms with Crippen molar-refractivity contribution < 1.29 is 0 Å². The van der Waals surface area contributed by atoms with Crippen LogP contribution in [-0.2, 0) is 0 Å². The number of hydrogen-bond acceptors (Lipinski definition) is 1. The van der Waals surface area contributed by atoms with Gasteiger partial charge in [-0.1, -0.05) is 33.8 Å². The van der Waals surface area contributed by atoms with Crippen molar-refractivity contribution in [3.8, 4) is 11.8 Å². The van der Waals surface area contributed by atoms with Crippen molar-refractivity contribution in [2.24, 2.45) is 0 Å². The summed E-state index contributed by atoms with van der Waals surface area (Å²) in [7, 11) is 1.89. The molecule has 0 atom stereocenters. The van der Waals surface area contributed by atoms with Crippen LogP contribution in [0.1, 0.15) is 11.1 Å². The van der Waals surface area contributed by atoms with Crippen molar-refractivity contribution in [1.29, 1.82) is 0 Å². The Labute approximate surface area is 87.7 Å². The van der Waals surface area contributed by atoms with Crippen LogP contribution in [-0.4, -0.2) is 13.6 Å². The lowest BCUT2D eigenvalue weighted by atomic mass is 10.1. The van der Waals surface area contributed by atoms with E-state index in [0.717, 1.165) is 16.6 Å². The first-order valence-corrected chi connectivity index (χ1v) is 4.93. The highest BCUT2D eigenvalue weighted by Gasteiger charge is 1.93. The summed E-state index contributed by atoms with van der Waals surface area (Å²) in [4.78, 5) is 0. The molecule has 0 spiro atoms. The zero-order valence-electron chi connectivity index (χ0n) is 7.82. The summed E-state index contributed by atoms with van der Waals surface area (Å²) in [5.74, 6) is 6.09. The van der Waals surface area contributed by atoms with E-state index in [1.807, 2.05) is 19.2 Å². The SMILES string of the molecule is CNCC#Cc1ccc(C)c(Br)c1. The third-order valence-corrected chi connectivity index (χ3v) is 2.52. The summed E-state index contributed by atoms with van der Waals surface area (Å²) < 4.78 is 1.11. The second kappa shape index (κ2) is 5.06. The Morgan fingerprint density at radius 2 is 2.23 bits per heavy atom. The molecular formula is C11H12BrN. The van der Waals surface area contributed by atoms with E-state index in [0.29, 0.717) is 0 Å². The van der Waals surface area contributed by atoms with Gasteiger partial charge in [0.05, 0.1) is 6.54 Å². The van der Waals surface area contributed by atoms with Crippen LogP contribution in [0.3, 0.4) is 0 Å². The molecule has 0 fully saturated rings. The second-order valence-electron chi connectivity index (χ2n) is 2.80. The molecular weight excluding hydrogens is 226 g/mol. The maximum Gasteiger partial charge on any atom is 0.0577 e. The lowest BCUT2D eigenvalue weighted by molar-refractivity contribution is 0.938. The fourth-order valence-electron chi connectivity index (χ4n) is 0.905. The standard InChI is InChI=1S/C11H12BrN/c1-9-5-6-10(8-11(9)12)4-3-7-13-2/h5-6,8,13H,7H2,1-2H3. The molecule has 1 aromatic carbocycles. The van der Waals surface area contributed by atoms with E-state index in [9.17, 15) is 0 Å². The van der Waals surface area contributed by atoms with E-state index in [2.05, 4.69) is 46.1 Å². The molecule has 0 radical (unpaired) electrons. The van der Waals surface area contributed by atoms with Crippen molar-refractivity contribution >= 4 is 15.9 Å². The zero-order chi connectivity index (χ0) is 9.68. The molecule has 1 nitrogen and oxygen atoms in total. The molecule has 0 aliphatic carbocycles. The molecule has 0 saturated carbocycles. The molecule has 0 heterocycles. The van der Waals surface area contributed by atoms with Crippen LogP contribution in [0.25, 0.3) is 0 Å². The molecule has 1 rings (SSSR count). The van der Waals surface area contributed by atoms with Gasteiger partial charge in [0.15, 0.2) is 0 Å². The molecule has 0 unspecified atom stereocenters. The first kappa shape index (κ1) is 10.3. The fourth-order valence-corrected chi connectivity index (χ4v) is 1.28. The fraction of sp³-hybridized carbons (Fsp3) is 0.273. The van der Waals surface area contributed by atoms with E-state index in [1.54, 1.807) is 0 Å². The highest BCUT2D eigenvalue weighted by atomic mass is 79.9. The summed E-state index contributed by atoms with van der Waals surface area (Å²) in [6.07, 6.45) is 0. The topological polar surface area (TPSA) is 12.0 Å². The average molecular weight is 238 g/mol. The molecule has 13 heavy (non-hydrogen) atoms. The summed E-state index contributed by atoms with van der Waals surface area (Å²) in [5, 5.41) is 2.98. The Morgan fingerprint density at radius 1 is 1.46 bits per heavy atom. The van der Waals surface area contributed by atoms with E-state index in [1.165, 1.54) is 5.56 Å². The van der Waals surface area contributed by atoms with Crippen molar-refractivity contribution in [2.75, 3.05) is 13.6 Å². The van der Waals surface area contributed by atoms with Crippen molar-refractivity contribution in [1.82, 2.24) is 5.32 Å². The highest BCUT2D eigenvalue weighted by Crippen LogP contribution is 2.16. The molecule has 2 heteroatoms. The number of hydrogen-bond donors (Lipinski definition) is 1. The molecule has 0 saturated heterocycles. The molecule has 68 valence electrons. The van der Waals surface area contributed by atoms with Crippen molar-refractivity contribution in [2.45, 2.75) is 6.92 Å². The predicted octanol–water partition coefficient (Wildman–Crippen LogP) is 2.33. The van der Waals surface area contributed by atoms with Gasteiger partial charge in [0, 0.05) is 10.0 Å². The number of benzene rings is 1. The highest BCUT2D eigenvalue weighted by molar-refractivity contribution is 9.10. The van der Waals surface area contributed by atoms with Crippen molar-refractivity contribution in [3.05, 3.63) is 33.8 Å². The first-order chi connectivity index (χ1) is 6.24. The van der Waals surface area contributed by atoms with Crippen LogP contribution >= 0.6 is 15.9 Å². The Bertz CT molecular complexity index is 347. The van der Waals surface area contributed by atoms with Gasteiger partial charge in [-0.15, -0.1) is 0 Å². The van der Waals surface area contributed by atoms with E-state index in [-0.39, 0.29) is 0 Å². The zero-order valence-corrected chi connectivity index (χ0v) is 9.40. The van der Waals surface area contributed by atoms with Gasteiger partial charge >= 0.3 is 0 Å².